The molecule has 10 heteroatoms. The van der Waals surface area contributed by atoms with E-state index in [4.69, 9.17) is 4.98 Å². The molecule has 2 atom stereocenters. The first-order chi connectivity index (χ1) is 14.3. The van der Waals surface area contributed by atoms with Crippen LogP contribution in [0.15, 0.2) is 33.5 Å². The van der Waals surface area contributed by atoms with E-state index in [0.29, 0.717) is 16.2 Å². The number of aromatic nitrogens is 4. The predicted molar refractivity (Wildman–Crippen MR) is 121 cm³/mol. The highest BCUT2D eigenvalue weighted by molar-refractivity contribution is 9.10. The minimum Gasteiger partial charge on any atom is -0.392 e. The monoisotopic (exact) mass is 536 g/mol. The lowest BCUT2D eigenvalue weighted by Crippen LogP contribution is -2.35. The number of benzene rings is 1. The average molecular weight is 538 g/mol. The van der Waals surface area contributed by atoms with Crippen molar-refractivity contribution in [1.29, 1.82) is 0 Å². The fraction of sp³-hybridized carbons (Fsp3) is 0.400. The highest BCUT2D eigenvalue weighted by Crippen LogP contribution is 2.39. The predicted octanol–water partition coefficient (Wildman–Crippen LogP) is 3.55. The molecule has 3 aromatic rings. The lowest BCUT2D eigenvalue weighted by molar-refractivity contribution is -0.129. The highest BCUT2D eigenvalue weighted by Gasteiger charge is 2.40. The molecular formula is C20H22Br2N6O2. The normalized spacial score (nSPS) is 21.2. The zero-order valence-electron chi connectivity index (χ0n) is 16.6. The molecule has 4 rings (SSSR count). The van der Waals surface area contributed by atoms with Crippen LogP contribution in [0.4, 0.5) is 5.95 Å². The van der Waals surface area contributed by atoms with Gasteiger partial charge in [0.05, 0.1) is 17.7 Å². The smallest absolute Gasteiger partial charge is 0.225 e. The van der Waals surface area contributed by atoms with Crippen molar-refractivity contribution in [3.8, 4) is 5.69 Å². The van der Waals surface area contributed by atoms with E-state index in [1.807, 2.05) is 25.1 Å². The number of hydrogen-bond donors (Lipinski definition) is 3. The zero-order chi connectivity index (χ0) is 21.5. The van der Waals surface area contributed by atoms with Crippen LogP contribution in [0.1, 0.15) is 31.7 Å². The molecule has 2 heterocycles. The van der Waals surface area contributed by atoms with Crippen molar-refractivity contribution >= 4 is 54.7 Å². The second-order valence-electron chi connectivity index (χ2n) is 7.83. The molecule has 0 bridgehead atoms. The average Bonchev–Trinajstić information content (AvgIpc) is 3.27. The third kappa shape index (κ3) is 3.95. The maximum absolute atomic E-state index is 12.2. The molecule has 0 unspecified atom stereocenters. The van der Waals surface area contributed by atoms with Gasteiger partial charge in [0.25, 0.3) is 0 Å². The van der Waals surface area contributed by atoms with Crippen molar-refractivity contribution in [2.45, 2.75) is 38.8 Å². The van der Waals surface area contributed by atoms with Crippen molar-refractivity contribution in [3.63, 3.8) is 0 Å². The Labute approximate surface area is 190 Å². The van der Waals surface area contributed by atoms with E-state index in [0.717, 1.165) is 40.4 Å². The fourth-order valence-electron chi connectivity index (χ4n) is 4.02. The van der Waals surface area contributed by atoms with Crippen LogP contribution in [0.25, 0.3) is 16.7 Å². The van der Waals surface area contributed by atoms with Crippen LogP contribution in [-0.4, -0.2) is 43.9 Å². The van der Waals surface area contributed by atoms with E-state index in [2.05, 4.69) is 52.6 Å². The lowest BCUT2D eigenvalue weighted by Gasteiger charge is -2.22. The molecule has 1 aromatic carbocycles. The van der Waals surface area contributed by atoms with Crippen LogP contribution in [0.2, 0.25) is 0 Å². The summed E-state index contributed by atoms with van der Waals surface area (Å²) >= 11 is 6.96. The molecule has 0 aliphatic heterocycles. The number of carbonyl (C=O) groups is 1. The summed E-state index contributed by atoms with van der Waals surface area (Å²) in [6.45, 7) is 1.93. The van der Waals surface area contributed by atoms with Crippen molar-refractivity contribution in [2.75, 3.05) is 12.4 Å². The third-order valence-corrected chi connectivity index (χ3v) is 6.64. The summed E-state index contributed by atoms with van der Waals surface area (Å²) in [4.78, 5) is 21.3. The Kier molecular flexibility index (Phi) is 5.82. The molecule has 8 nitrogen and oxygen atoms in total. The van der Waals surface area contributed by atoms with E-state index < -0.39 is 0 Å². The number of nitrogens with zero attached hydrogens (tertiary/aromatic N) is 4. The van der Waals surface area contributed by atoms with Crippen molar-refractivity contribution in [2.24, 2.45) is 5.41 Å². The molecule has 3 N–H and O–H groups in total. The summed E-state index contributed by atoms with van der Waals surface area (Å²) in [5.74, 6) is 0.569. The molecule has 1 aliphatic carbocycles. The number of hydrogen-bond acceptors (Lipinski definition) is 6. The number of nitrogens with one attached hydrogen (secondary N) is 2. The first kappa shape index (κ1) is 21.2. The number of halogens is 2. The van der Waals surface area contributed by atoms with Gasteiger partial charge >= 0.3 is 0 Å². The quantitative estimate of drug-likeness (QED) is 0.459. The molecular weight excluding hydrogens is 516 g/mol. The van der Waals surface area contributed by atoms with Gasteiger partial charge in [-0.3, -0.25) is 4.79 Å². The number of aliphatic hydroxyl groups is 1. The van der Waals surface area contributed by atoms with Gasteiger partial charge in [0, 0.05) is 29.2 Å². The van der Waals surface area contributed by atoms with Crippen LogP contribution in [0, 0.1) is 5.41 Å². The Morgan fingerprint density at radius 1 is 1.37 bits per heavy atom. The first-order valence-electron chi connectivity index (χ1n) is 9.63. The van der Waals surface area contributed by atoms with Gasteiger partial charge in [-0.1, -0.05) is 22.9 Å². The van der Waals surface area contributed by atoms with Crippen LogP contribution < -0.4 is 10.6 Å². The number of anilines is 1. The van der Waals surface area contributed by atoms with Gasteiger partial charge < -0.3 is 15.7 Å². The Balaban J connectivity index is 1.66. The molecule has 1 saturated carbocycles. The third-order valence-electron chi connectivity index (χ3n) is 5.60. The van der Waals surface area contributed by atoms with E-state index in [9.17, 15) is 9.90 Å². The summed E-state index contributed by atoms with van der Waals surface area (Å²) < 4.78 is 3.21. The van der Waals surface area contributed by atoms with Gasteiger partial charge in [-0.05, 0) is 59.0 Å². The molecule has 0 saturated heterocycles. The second-order valence-corrected chi connectivity index (χ2v) is 9.50. The van der Waals surface area contributed by atoms with Gasteiger partial charge in [-0.15, -0.1) is 0 Å². The van der Waals surface area contributed by atoms with Crippen LogP contribution in [-0.2, 0) is 11.4 Å². The van der Waals surface area contributed by atoms with E-state index in [1.54, 1.807) is 17.9 Å². The van der Waals surface area contributed by atoms with E-state index in [1.165, 1.54) is 0 Å². The second kappa shape index (κ2) is 8.24. The van der Waals surface area contributed by atoms with Crippen LogP contribution in [0.5, 0.6) is 0 Å². The number of fused-ring (bicyclic) bond motifs is 1. The molecule has 1 amide bonds. The topological polar surface area (TPSA) is 105 Å². The fourth-order valence-corrected chi connectivity index (χ4v) is 4.99. The SMILES string of the molecule is CNC(=O)[C@]1(C)CC[C@@H](Nc2ncc3c(Br)nn(-c4cc(Br)cc(CO)c4)c3n2)C1. The number of amides is 1. The molecule has 1 aliphatic rings. The van der Waals surface area contributed by atoms with Crippen LogP contribution in [0.3, 0.4) is 0 Å². The molecule has 30 heavy (non-hydrogen) atoms. The molecule has 158 valence electrons. The van der Waals surface area contributed by atoms with Gasteiger partial charge in [-0.2, -0.15) is 10.1 Å². The van der Waals surface area contributed by atoms with Crippen molar-refractivity contribution in [1.82, 2.24) is 25.1 Å². The minimum atomic E-state index is -0.377. The van der Waals surface area contributed by atoms with Crippen LogP contribution >= 0.6 is 31.9 Å². The Morgan fingerprint density at radius 3 is 2.90 bits per heavy atom. The summed E-state index contributed by atoms with van der Waals surface area (Å²) in [7, 11) is 1.68. The molecule has 2 aromatic heterocycles. The Bertz CT molecular complexity index is 1120. The van der Waals surface area contributed by atoms with E-state index >= 15 is 0 Å². The largest absolute Gasteiger partial charge is 0.392 e. The van der Waals surface area contributed by atoms with Crippen molar-refractivity contribution in [3.05, 3.63) is 39.0 Å². The summed E-state index contributed by atoms with van der Waals surface area (Å²) in [5, 5.41) is 21.0. The number of rotatable bonds is 5. The maximum Gasteiger partial charge on any atom is 0.225 e. The highest BCUT2D eigenvalue weighted by atomic mass is 79.9. The van der Waals surface area contributed by atoms with E-state index in [-0.39, 0.29) is 24.0 Å². The number of carbonyl (C=O) groups excluding carboxylic acids is 1. The molecule has 1 fully saturated rings. The zero-order valence-corrected chi connectivity index (χ0v) is 19.8. The van der Waals surface area contributed by atoms with Crippen molar-refractivity contribution < 1.29 is 9.90 Å². The standard InChI is InChI=1S/C20H22Br2N6O2/c1-20(18(30)23-2)4-3-13(8-20)25-19-24-9-15-16(22)27-28(17(15)26-19)14-6-11(10-29)5-12(21)7-14/h5-7,9,13,29H,3-4,8,10H2,1-2H3,(H,23,30)(H,24,25,26)/t13-,20-/m1/s1. The minimum absolute atomic E-state index is 0.0690. The Hall–Kier alpha value is -2.04. The van der Waals surface area contributed by atoms with Gasteiger partial charge in [0.15, 0.2) is 5.65 Å². The van der Waals surface area contributed by atoms with Gasteiger partial charge in [0.1, 0.15) is 4.60 Å². The number of aliphatic hydroxyl groups excluding tert-OH is 1. The lowest BCUT2D eigenvalue weighted by atomic mass is 9.87. The summed E-state index contributed by atoms with van der Waals surface area (Å²) in [6, 6.07) is 5.76. The summed E-state index contributed by atoms with van der Waals surface area (Å²) in [6.07, 6.45) is 4.15. The van der Waals surface area contributed by atoms with Gasteiger partial charge in [0.2, 0.25) is 11.9 Å². The first-order valence-corrected chi connectivity index (χ1v) is 11.2. The summed E-state index contributed by atoms with van der Waals surface area (Å²) in [5.41, 5.74) is 1.82. The maximum atomic E-state index is 12.2. The molecule has 0 radical (unpaired) electrons. The molecule has 0 spiro atoms. The Morgan fingerprint density at radius 2 is 2.17 bits per heavy atom. The van der Waals surface area contributed by atoms with Gasteiger partial charge in [-0.25, -0.2) is 9.67 Å².